The molecule has 0 bridgehead atoms. The van der Waals surface area contributed by atoms with E-state index in [1.807, 2.05) is 42.5 Å². The normalized spacial score (nSPS) is 12.9. The number of oxazole rings is 1. The summed E-state index contributed by atoms with van der Waals surface area (Å²) < 4.78 is 31.1. The SMILES string of the molecule is CC[C@@H](Oc1cccc(CNCC(Oc2ccccc2)c2nc3cc(F)ccc3o2)c1)C(=O)O. The summed E-state index contributed by atoms with van der Waals surface area (Å²) in [4.78, 5) is 15.7. The Morgan fingerprint density at radius 3 is 2.62 bits per heavy atom. The van der Waals surface area contributed by atoms with Gasteiger partial charge in [0.2, 0.25) is 5.89 Å². The lowest BCUT2D eigenvalue weighted by atomic mass is 10.2. The predicted octanol–water partition coefficient (Wildman–Crippen LogP) is 5.12. The van der Waals surface area contributed by atoms with Gasteiger partial charge < -0.3 is 24.3 Å². The molecule has 1 heterocycles. The van der Waals surface area contributed by atoms with Gasteiger partial charge in [-0.25, -0.2) is 14.2 Å². The van der Waals surface area contributed by atoms with E-state index in [9.17, 15) is 14.3 Å². The maximum Gasteiger partial charge on any atom is 0.344 e. The molecule has 0 aliphatic carbocycles. The molecule has 0 saturated carbocycles. The highest BCUT2D eigenvalue weighted by molar-refractivity contribution is 5.73. The minimum absolute atomic E-state index is 0.335. The van der Waals surface area contributed by atoms with Crippen molar-refractivity contribution in [1.82, 2.24) is 10.3 Å². The molecule has 1 unspecified atom stereocenters. The number of ether oxygens (including phenoxy) is 2. The number of rotatable bonds is 11. The van der Waals surface area contributed by atoms with Crippen LogP contribution in [0.4, 0.5) is 4.39 Å². The van der Waals surface area contributed by atoms with E-state index in [1.54, 1.807) is 25.1 Å². The summed E-state index contributed by atoms with van der Waals surface area (Å²) in [7, 11) is 0. The van der Waals surface area contributed by atoms with E-state index in [-0.39, 0.29) is 5.82 Å². The molecule has 2 N–H and O–H groups in total. The first-order valence-electron chi connectivity index (χ1n) is 11.0. The van der Waals surface area contributed by atoms with Crippen molar-refractivity contribution in [3.63, 3.8) is 0 Å². The van der Waals surface area contributed by atoms with Gasteiger partial charge in [-0.3, -0.25) is 0 Å². The number of nitrogens with one attached hydrogen (secondary N) is 1. The molecular formula is C26H25FN2O5. The first kappa shape index (κ1) is 23.3. The molecule has 1 aromatic heterocycles. The van der Waals surface area contributed by atoms with Gasteiger partial charge in [-0.1, -0.05) is 37.3 Å². The number of carbonyl (C=O) groups is 1. The Kier molecular flexibility index (Phi) is 7.39. The Morgan fingerprint density at radius 1 is 1.06 bits per heavy atom. The molecule has 4 aromatic rings. The highest BCUT2D eigenvalue weighted by atomic mass is 19.1. The second-order valence-electron chi connectivity index (χ2n) is 7.71. The van der Waals surface area contributed by atoms with Crippen LogP contribution in [0, 0.1) is 5.82 Å². The molecule has 4 rings (SSSR count). The van der Waals surface area contributed by atoms with Crippen molar-refractivity contribution in [3.8, 4) is 11.5 Å². The van der Waals surface area contributed by atoms with E-state index in [1.165, 1.54) is 12.1 Å². The standard InChI is InChI=1S/C26H25FN2O5/c1-2-22(26(30)31)33-20-10-6-7-17(13-20)15-28-16-24(32-19-8-4-3-5-9-19)25-29-21-14-18(27)11-12-23(21)34-25/h3-14,22,24,28H,2,15-16H2,1H3,(H,30,31)/t22-,24?/m1/s1. The topological polar surface area (TPSA) is 93.8 Å². The number of fused-ring (bicyclic) bond motifs is 1. The van der Waals surface area contributed by atoms with Gasteiger partial charge >= 0.3 is 5.97 Å². The highest BCUT2D eigenvalue weighted by Gasteiger charge is 2.21. The Balaban J connectivity index is 1.46. The lowest BCUT2D eigenvalue weighted by Gasteiger charge is -2.17. The van der Waals surface area contributed by atoms with Gasteiger partial charge in [-0.05, 0) is 48.4 Å². The van der Waals surface area contributed by atoms with Gasteiger partial charge in [0.15, 0.2) is 17.8 Å². The van der Waals surface area contributed by atoms with Crippen molar-refractivity contribution in [1.29, 1.82) is 0 Å². The molecule has 3 aromatic carbocycles. The summed E-state index contributed by atoms with van der Waals surface area (Å²) in [6.45, 7) is 2.60. The largest absolute Gasteiger partial charge is 0.479 e. The summed E-state index contributed by atoms with van der Waals surface area (Å²) >= 11 is 0. The second kappa shape index (κ2) is 10.8. The Hall–Kier alpha value is -3.91. The lowest BCUT2D eigenvalue weighted by molar-refractivity contribution is -0.145. The fraction of sp³-hybridized carbons (Fsp3) is 0.231. The van der Waals surface area contributed by atoms with E-state index < -0.39 is 18.2 Å². The third-order valence-electron chi connectivity index (χ3n) is 5.15. The van der Waals surface area contributed by atoms with Crippen molar-refractivity contribution in [2.75, 3.05) is 6.54 Å². The van der Waals surface area contributed by atoms with Crippen LogP contribution in [0.3, 0.4) is 0 Å². The number of carboxylic acids is 1. The zero-order valence-electron chi connectivity index (χ0n) is 18.6. The molecule has 34 heavy (non-hydrogen) atoms. The van der Waals surface area contributed by atoms with Crippen LogP contribution in [-0.4, -0.2) is 28.7 Å². The summed E-state index contributed by atoms with van der Waals surface area (Å²) in [5.74, 6) is 0.0942. The van der Waals surface area contributed by atoms with Crippen molar-refractivity contribution in [2.24, 2.45) is 0 Å². The summed E-state index contributed by atoms with van der Waals surface area (Å²) in [5, 5.41) is 12.5. The van der Waals surface area contributed by atoms with E-state index in [2.05, 4.69) is 10.3 Å². The van der Waals surface area contributed by atoms with E-state index >= 15 is 0 Å². The van der Waals surface area contributed by atoms with Crippen molar-refractivity contribution in [2.45, 2.75) is 32.1 Å². The number of aromatic nitrogens is 1. The molecule has 0 radical (unpaired) electrons. The number of aliphatic carboxylic acids is 1. The van der Waals surface area contributed by atoms with Crippen LogP contribution in [0.25, 0.3) is 11.1 Å². The molecule has 0 saturated heterocycles. The van der Waals surface area contributed by atoms with Gasteiger partial charge in [0.25, 0.3) is 0 Å². The quantitative estimate of drug-likeness (QED) is 0.318. The zero-order valence-corrected chi connectivity index (χ0v) is 18.6. The molecule has 0 fully saturated rings. The number of hydrogen-bond acceptors (Lipinski definition) is 6. The molecule has 0 aliphatic heterocycles. The molecule has 0 spiro atoms. The number of benzene rings is 3. The monoisotopic (exact) mass is 464 g/mol. The van der Waals surface area contributed by atoms with Crippen LogP contribution in [0.2, 0.25) is 0 Å². The minimum atomic E-state index is -0.995. The predicted molar refractivity (Wildman–Crippen MR) is 124 cm³/mol. The molecule has 8 heteroatoms. The van der Waals surface area contributed by atoms with Crippen LogP contribution in [-0.2, 0) is 11.3 Å². The Morgan fingerprint density at radius 2 is 1.85 bits per heavy atom. The molecule has 0 amide bonds. The fourth-order valence-electron chi connectivity index (χ4n) is 3.45. The van der Waals surface area contributed by atoms with Gasteiger partial charge in [0.05, 0.1) is 0 Å². The highest BCUT2D eigenvalue weighted by Crippen LogP contribution is 2.25. The second-order valence-corrected chi connectivity index (χ2v) is 7.71. The summed E-state index contributed by atoms with van der Waals surface area (Å²) in [6, 6.07) is 20.7. The molecule has 7 nitrogen and oxygen atoms in total. The third-order valence-corrected chi connectivity index (χ3v) is 5.15. The smallest absolute Gasteiger partial charge is 0.344 e. The van der Waals surface area contributed by atoms with E-state index in [0.29, 0.717) is 48.0 Å². The number of halogens is 1. The number of nitrogens with zero attached hydrogens (tertiary/aromatic N) is 1. The molecule has 2 atom stereocenters. The van der Waals surface area contributed by atoms with Gasteiger partial charge in [-0.15, -0.1) is 0 Å². The van der Waals surface area contributed by atoms with Crippen LogP contribution in [0.5, 0.6) is 11.5 Å². The van der Waals surface area contributed by atoms with Crippen molar-refractivity contribution < 1.29 is 28.2 Å². The average Bonchev–Trinajstić information content (AvgIpc) is 3.26. The maximum absolute atomic E-state index is 13.6. The molecule has 0 aliphatic rings. The summed E-state index contributed by atoms with van der Waals surface area (Å²) in [5.41, 5.74) is 1.81. The van der Waals surface area contributed by atoms with E-state index in [4.69, 9.17) is 13.9 Å². The van der Waals surface area contributed by atoms with Crippen molar-refractivity contribution >= 4 is 17.1 Å². The van der Waals surface area contributed by atoms with Gasteiger partial charge in [-0.2, -0.15) is 0 Å². The molecule has 176 valence electrons. The third kappa shape index (κ3) is 5.90. The Bertz CT molecular complexity index is 1240. The van der Waals surface area contributed by atoms with Crippen molar-refractivity contribution in [3.05, 3.63) is 90.1 Å². The lowest BCUT2D eigenvalue weighted by Crippen LogP contribution is -2.26. The maximum atomic E-state index is 13.6. The van der Waals surface area contributed by atoms with Gasteiger partial charge in [0.1, 0.15) is 22.8 Å². The van der Waals surface area contributed by atoms with Crippen LogP contribution < -0.4 is 14.8 Å². The fourth-order valence-corrected chi connectivity index (χ4v) is 3.45. The van der Waals surface area contributed by atoms with Crippen LogP contribution in [0.1, 0.15) is 30.9 Å². The number of carboxylic acid groups (broad SMARTS) is 1. The minimum Gasteiger partial charge on any atom is -0.479 e. The van der Waals surface area contributed by atoms with Crippen LogP contribution in [0.15, 0.2) is 77.2 Å². The van der Waals surface area contributed by atoms with Gasteiger partial charge in [0, 0.05) is 19.2 Å². The average molecular weight is 464 g/mol. The summed E-state index contributed by atoms with van der Waals surface area (Å²) in [6.07, 6.45) is -1.09. The zero-order chi connectivity index (χ0) is 23.9. The first-order valence-corrected chi connectivity index (χ1v) is 11.0. The van der Waals surface area contributed by atoms with Crippen LogP contribution >= 0.6 is 0 Å². The molecular weight excluding hydrogens is 439 g/mol. The Labute approximate surface area is 196 Å². The number of hydrogen-bond donors (Lipinski definition) is 2. The first-order chi connectivity index (χ1) is 16.5. The number of para-hydroxylation sites is 1. The van der Waals surface area contributed by atoms with E-state index in [0.717, 1.165) is 5.56 Å².